The highest BCUT2D eigenvalue weighted by atomic mass is 16.7. The third-order valence-corrected chi connectivity index (χ3v) is 5.65. The van der Waals surface area contributed by atoms with Crippen molar-refractivity contribution >= 4 is 5.91 Å². The lowest BCUT2D eigenvalue weighted by molar-refractivity contribution is -0.122. The Kier molecular flexibility index (Phi) is 4.70. The monoisotopic (exact) mass is 347 g/mol. The van der Waals surface area contributed by atoms with Crippen LogP contribution in [0.2, 0.25) is 0 Å². The van der Waals surface area contributed by atoms with Crippen LogP contribution in [0.25, 0.3) is 0 Å². The fourth-order valence-corrected chi connectivity index (χ4v) is 4.39. The number of ether oxygens (including phenoxy) is 3. The van der Waals surface area contributed by atoms with E-state index >= 15 is 0 Å². The number of hydrogen-bond donors (Lipinski definition) is 2. The van der Waals surface area contributed by atoms with Crippen LogP contribution in [0.1, 0.15) is 32.1 Å². The predicted molar refractivity (Wildman–Crippen MR) is 90.6 cm³/mol. The van der Waals surface area contributed by atoms with E-state index in [0.29, 0.717) is 29.6 Å². The number of rotatable bonds is 7. The zero-order chi connectivity index (χ0) is 17.2. The molecule has 0 spiro atoms. The lowest BCUT2D eigenvalue weighted by Crippen LogP contribution is -2.36. The summed E-state index contributed by atoms with van der Waals surface area (Å²) < 4.78 is 16.1. The fraction of sp³-hybridized carbons (Fsp3) is 0.632. The number of aliphatic hydroxyl groups is 1. The lowest BCUT2D eigenvalue weighted by atomic mass is 9.86. The summed E-state index contributed by atoms with van der Waals surface area (Å²) in [5.41, 5.74) is 0. The molecular formula is C19H25NO5. The van der Waals surface area contributed by atoms with Gasteiger partial charge in [-0.15, -0.1) is 0 Å². The first-order chi connectivity index (χ1) is 12.2. The van der Waals surface area contributed by atoms with Gasteiger partial charge in [0.25, 0.3) is 0 Å². The van der Waals surface area contributed by atoms with E-state index in [-0.39, 0.29) is 25.9 Å². The smallest absolute Gasteiger partial charge is 0.231 e. The Bertz CT molecular complexity index is 634. The summed E-state index contributed by atoms with van der Waals surface area (Å²) >= 11 is 0. The van der Waals surface area contributed by atoms with E-state index in [9.17, 15) is 9.90 Å². The van der Waals surface area contributed by atoms with Crippen LogP contribution in [0.5, 0.6) is 17.2 Å². The number of carbonyl (C=O) groups is 1. The molecule has 4 rings (SSSR count). The predicted octanol–water partition coefficient (Wildman–Crippen LogP) is 2.10. The molecule has 1 aromatic carbocycles. The van der Waals surface area contributed by atoms with E-state index in [0.717, 1.165) is 11.8 Å². The van der Waals surface area contributed by atoms with Crippen molar-refractivity contribution in [1.29, 1.82) is 0 Å². The number of benzene rings is 1. The minimum absolute atomic E-state index is 0.0414. The van der Waals surface area contributed by atoms with Crippen molar-refractivity contribution in [2.24, 2.45) is 17.8 Å². The Morgan fingerprint density at radius 2 is 2.16 bits per heavy atom. The summed E-state index contributed by atoms with van der Waals surface area (Å²) in [5, 5.41) is 12.9. The highest BCUT2D eigenvalue weighted by Gasteiger charge is 2.40. The van der Waals surface area contributed by atoms with Crippen LogP contribution in [0.3, 0.4) is 0 Å². The summed E-state index contributed by atoms with van der Waals surface area (Å²) in [6, 6.07) is 5.29. The zero-order valence-electron chi connectivity index (χ0n) is 14.3. The summed E-state index contributed by atoms with van der Waals surface area (Å²) in [7, 11) is 0. The summed E-state index contributed by atoms with van der Waals surface area (Å²) in [5.74, 6) is 4.13. The molecule has 1 aromatic rings. The van der Waals surface area contributed by atoms with Gasteiger partial charge in [-0.2, -0.15) is 0 Å². The van der Waals surface area contributed by atoms with E-state index in [1.807, 2.05) is 0 Å². The summed E-state index contributed by atoms with van der Waals surface area (Å²) in [6.45, 7) is 0.550. The first-order valence-electron chi connectivity index (χ1n) is 9.14. The van der Waals surface area contributed by atoms with Gasteiger partial charge in [0, 0.05) is 19.0 Å². The van der Waals surface area contributed by atoms with Crippen LogP contribution in [0.15, 0.2) is 18.2 Å². The van der Waals surface area contributed by atoms with Crippen molar-refractivity contribution in [3.05, 3.63) is 18.2 Å². The largest absolute Gasteiger partial charge is 0.491 e. The van der Waals surface area contributed by atoms with Gasteiger partial charge in [-0.25, -0.2) is 0 Å². The van der Waals surface area contributed by atoms with Gasteiger partial charge in [-0.1, -0.05) is 6.42 Å². The van der Waals surface area contributed by atoms with Crippen molar-refractivity contribution in [3.8, 4) is 17.2 Å². The van der Waals surface area contributed by atoms with Crippen LogP contribution in [0.4, 0.5) is 0 Å². The second kappa shape index (κ2) is 7.12. The first kappa shape index (κ1) is 16.5. The molecule has 6 heteroatoms. The van der Waals surface area contributed by atoms with Crippen LogP contribution in [-0.4, -0.2) is 37.1 Å². The number of fused-ring (bicyclic) bond motifs is 3. The van der Waals surface area contributed by atoms with Crippen LogP contribution in [0, 0.1) is 17.8 Å². The number of nitrogens with one attached hydrogen (secondary N) is 1. The average Bonchev–Trinajstić information content (AvgIpc) is 3.33. The third-order valence-electron chi connectivity index (χ3n) is 5.65. The standard InChI is InChI=1S/C19H25NO5/c21-15(10-23-16-3-4-17-18(8-16)25-11-24-17)9-20-19(22)7-14-6-12-1-2-13(14)5-12/h3-4,8,12-15,21H,1-2,5-7,9-11H2,(H,20,22)/t12-,13-,14-,15+/m0/s1. The lowest BCUT2D eigenvalue weighted by Gasteiger charge is -2.21. The number of hydrogen-bond acceptors (Lipinski definition) is 5. The fourth-order valence-electron chi connectivity index (χ4n) is 4.39. The van der Waals surface area contributed by atoms with E-state index in [1.165, 1.54) is 25.7 Å². The van der Waals surface area contributed by atoms with E-state index in [1.54, 1.807) is 18.2 Å². The maximum absolute atomic E-state index is 12.1. The molecule has 0 radical (unpaired) electrons. The van der Waals surface area contributed by atoms with Gasteiger partial charge in [0.05, 0.1) is 0 Å². The minimum atomic E-state index is -0.741. The zero-order valence-corrected chi connectivity index (χ0v) is 14.3. The number of carbonyl (C=O) groups excluding carboxylic acids is 1. The Balaban J connectivity index is 1.16. The molecule has 6 nitrogen and oxygen atoms in total. The highest BCUT2D eigenvalue weighted by molar-refractivity contribution is 5.76. The van der Waals surface area contributed by atoms with Crippen molar-refractivity contribution < 1.29 is 24.1 Å². The SMILES string of the molecule is O=C(C[C@@H]1C[C@H]2CC[C@H]1C2)NC[C@@H](O)COc1ccc2c(c1)OCO2. The maximum Gasteiger partial charge on any atom is 0.231 e. The molecule has 2 N–H and O–H groups in total. The van der Waals surface area contributed by atoms with Crippen LogP contribution < -0.4 is 19.5 Å². The molecule has 1 amide bonds. The van der Waals surface area contributed by atoms with Crippen molar-refractivity contribution in [2.45, 2.75) is 38.2 Å². The molecule has 0 aromatic heterocycles. The third kappa shape index (κ3) is 3.84. The van der Waals surface area contributed by atoms with Gasteiger partial charge >= 0.3 is 0 Å². The van der Waals surface area contributed by atoms with Gasteiger partial charge in [0.1, 0.15) is 18.5 Å². The molecule has 2 saturated carbocycles. The van der Waals surface area contributed by atoms with Crippen molar-refractivity contribution in [1.82, 2.24) is 5.32 Å². The van der Waals surface area contributed by atoms with Gasteiger partial charge in [-0.05, 0) is 49.1 Å². The maximum atomic E-state index is 12.1. The van der Waals surface area contributed by atoms with Gasteiger partial charge in [0.2, 0.25) is 12.7 Å². The molecule has 2 aliphatic carbocycles. The molecule has 136 valence electrons. The molecule has 3 aliphatic rings. The molecule has 0 unspecified atom stereocenters. The number of aliphatic hydroxyl groups excluding tert-OH is 1. The Hall–Kier alpha value is -1.95. The second-order valence-corrected chi connectivity index (χ2v) is 7.42. The molecule has 4 atom stereocenters. The molecule has 0 saturated heterocycles. The van der Waals surface area contributed by atoms with Crippen LogP contribution in [-0.2, 0) is 4.79 Å². The summed E-state index contributed by atoms with van der Waals surface area (Å²) in [4.78, 5) is 12.1. The van der Waals surface area contributed by atoms with Crippen molar-refractivity contribution in [2.75, 3.05) is 19.9 Å². The highest BCUT2D eigenvalue weighted by Crippen LogP contribution is 2.49. The van der Waals surface area contributed by atoms with Gasteiger partial charge < -0.3 is 24.6 Å². The van der Waals surface area contributed by atoms with E-state index < -0.39 is 6.10 Å². The normalized spacial score (nSPS) is 27.3. The first-order valence-corrected chi connectivity index (χ1v) is 9.14. The van der Waals surface area contributed by atoms with E-state index in [4.69, 9.17) is 14.2 Å². The number of amides is 1. The molecule has 2 fully saturated rings. The van der Waals surface area contributed by atoms with Gasteiger partial charge in [0.15, 0.2) is 11.5 Å². The quantitative estimate of drug-likeness (QED) is 0.790. The minimum Gasteiger partial charge on any atom is -0.491 e. The molecule has 25 heavy (non-hydrogen) atoms. The molecule has 1 heterocycles. The molecule has 2 bridgehead atoms. The van der Waals surface area contributed by atoms with Crippen LogP contribution >= 0.6 is 0 Å². The Morgan fingerprint density at radius 1 is 1.28 bits per heavy atom. The average molecular weight is 347 g/mol. The topological polar surface area (TPSA) is 77.0 Å². The van der Waals surface area contributed by atoms with Gasteiger partial charge in [-0.3, -0.25) is 4.79 Å². The Morgan fingerprint density at radius 3 is 2.96 bits per heavy atom. The molecular weight excluding hydrogens is 322 g/mol. The Labute approximate surface area is 147 Å². The summed E-state index contributed by atoms with van der Waals surface area (Å²) in [6.07, 6.45) is 5.00. The molecule has 1 aliphatic heterocycles. The second-order valence-electron chi connectivity index (χ2n) is 7.42. The van der Waals surface area contributed by atoms with E-state index in [2.05, 4.69) is 5.32 Å². The van der Waals surface area contributed by atoms with Crippen molar-refractivity contribution in [3.63, 3.8) is 0 Å².